The molecular formula is C20H30FN3S2. The Morgan fingerprint density at radius 3 is 2.73 bits per heavy atom. The molecule has 1 heterocycles. The van der Waals surface area contributed by atoms with Crippen LogP contribution in [0.15, 0.2) is 18.2 Å². The molecule has 0 aliphatic heterocycles. The highest BCUT2D eigenvalue weighted by Gasteiger charge is 2.22. The average Bonchev–Trinajstić information content (AvgIpc) is 3.04. The molecule has 1 unspecified atom stereocenters. The van der Waals surface area contributed by atoms with Crippen LogP contribution in [0.2, 0.25) is 0 Å². The zero-order valence-corrected chi connectivity index (χ0v) is 17.6. The van der Waals surface area contributed by atoms with Gasteiger partial charge >= 0.3 is 0 Å². The SMILES string of the molecule is C/C=S(/CNCC1CCC(Nc2nc3cccc(F)c3s2)CC1)C(C)C. The van der Waals surface area contributed by atoms with Crippen molar-refractivity contribution in [3.05, 3.63) is 24.0 Å². The highest BCUT2D eigenvalue weighted by molar-refractivity contribution is 8.15. The second-order valence-electron chi connectivity index (χ2n) is 7.32. The van der Waals surface area contributed by atoms with Gasteiger partial charge in [-0.25, -0.2) is 9.37 Å². The van der Waals surface area contributed by atoms with E-state index < -0.39 is 0 Å². The van der Waals surface area contributed by atoms with Gasteiger partial charge in [-0.1, -0.05) is 36.6 Å². The number of rotatable bonds is 7. The summed E-state index contributed by atoms with van der Waals surface area (Å²) in [5.74, 6) is 1.71. The van der Waals surface area contributed by atoms with E-state index in [-0.39, 0.29) is 5.82 Å². The Morgan fingerprint density at radius 1 is 1.31 bits per heavy atom. The molecule has 1 aliphatic carbocycles. The highest BCUT2D eigenvalue weighted by atomic mass is 32.2. The number of fused-ring (bicyclic) bond motifs is 1. The molecule has 1 aromatic heterocycles. The van der Waals surface area contributed by atoms with E-state index in [9.17, 15) is 4.39 Å². The number of nitrogens with zero attached hydrogens (tertiary/aromatic N) is 1. The summed E-state index contributed by atoms with van der Waals surface area (Å²) in [6.07, 6.45) is 4.82. The number of halogens is 1. The molecular weight excluding hydrogens is 365 g/mol. The Kier molecular flexibility index (Phi) is 7.06. The maximum Gasteiger partial charge on any atom is 0.184 e. The molecule has 1 aliphatic rings. The number of hydrogen-bond donors (Lipinski definition) is 2. The molecule has 2 aromatic rings. The van der Waals surface area contributed by atoms with Crippen LogP contribution in [0.4, 0.5) is 9.52 Å². The van der Waals surface area contributed by atoms with Gasteiger partial charge in [-0.2, -0.15) is 10.5 Å². The number of anilines is 1. The summed E-state index contributed by atoms with van der Waals surface area (Å²) in [7, 11) is 0.383. The largest absolute Gasteiger partial charge is 0.359 e. The van der Waals surface area contributed by atoms with Crippen LogP contribution in [0, 0.1) is 11.7 Å². The van der Waals surface area contributed by atoms with Crippen molar-refractivity contribution >= 4 is 42.5 Å². The van der Waals surface area contributed by atoms with Crippen molar-refractivity contribution < 1.29 is 4.39 Å². The Hall–Kier alpha value is -0.980. The molecule has 0 spiro atoms. The van der Waals surface area contributed by atoms with Gasteiger partial charge < -0.3 is 10.6 Å². The van der Waals surface area contributed by atoms with Crippen molar-refractivity contribution in [3.63, 3.8) is 0 Å². The minimum atomic E-state index is -0.174. The molecule has 0 amide bonds. The Bertz CT molecular complexity index is 749. The van der Waals surface area contributed by atoms with Gasteiger partial charge in [0.15, 0.2) is 5.13 Å². The lowest BCUT2D eigenvalue weighted by molar-refractivity contribution is 0.330. The molecule has 3 nitrogen and oxygen atoms in total. The quantitative estimate of drug-likeness (QED) is 0.612. The topological polar surface area (TPSA) is 37.0 Å². The normalized spacial score (nSPS) is 22.2. The molecule has 1 atom stereocenters. The standard InChI is InChI=1S/C20H30FN3S2/c1-4-26(14(2)3)13-22-12-15-8-10-16(11-9-15)23-20-24-18-7-5-6-17(21)19(18)25-20/h4-7,14-16,22H,8-13H2,1-3H3,(H,23,24). The van der Waals surface area contributed by atoms with Gasteiger partial charge in [-0.15, -0.1) is 0 Å². The van der Waals surface area contributed by atoms with Crippen molar-refractivity contribution in [3.8, 4) is 0 Å². The zero-order chi connectivity index (χ0) is 18.5. The van der Waals surface area contributed by atoms with Crippen LogP contribution in [-0.4, -0.2) is 34.1 Å². The number of hydrogen-bond acceptors (Lipinski definition) is 4. The lowest BCUT2D eigenvalue weighted by atomic mass is 9.86. The van der Waals surface area contributed by atoms with Crippen LogP contribution in [0.25, 0.3) is 10.2 Å². The van der Waals surface area contributed by atoms with Crippen molar-refractivity contribution in [2.75, 3.05) is 17.7 Å². The van der Waals surface area contributed by atoms with Gasteiger partial charge in [0.1, 0.15) is 5.82 Å². The summed E-state index contributed by atoms with van der Waals surface area (Å²) in [5.41, 5.74) is 0.753. The van der Waals surface area contributed by atoms with E-state index in [4.69, 9.17) is 0 Å². The van der Waals surface area contributed by atoms with Gasteiger partial charge in [0.2, 0.25) is 0 Å². The molecule has 6 heteroatoms. The molecule has 0 saturated heterocycles. The van der Waals surface area contributed by atoms with E-state index in [2.05, 4.69) is 41.8 Å². The smallest absolute Gasteiger partial charge is 0.184 e. The molecule has 0 bridgehead atoms. The van der Waals surface area contributed by atoms with Crippen molar-refractivity contribution in [2.24, 2.45) is 5.92 Å². The first-order valence-corrected chi connectivity index (χ1v) is 11.9. The first-order chi connectivity index (χ1) is 12.6. The molecule has 0 radical (unpaired) electrons. The predicted octanol–water partition coefficient (Wildman–Crippen LogP) is 5.45. The second kappa shape index (κ2) is 9.29. The number of aromatic nitrogens is 1. The summed E-state index contributed by atoms with van der Waals surface area (Å²) in [4.78, 5) is 4.53. The van der Waals surface area contributed by atoms with E-state index >= 15 is 0 Å². The lowest BCUT2D eigenvalue weighted by Crippen LogP contribution is -2.31. The molecule has 2 N–H and O–H groups in total. The third-order valence-electron chi connectivity index (χ3n) is 5.15. The highest BCUT2D eigenvalue weighted by Crippen LogP contribution is 2.31. The summed E-state index contributed by atoms with van der Waals surface area (Å²) in [6, 6.07) is 5.56. The Labute approximate surface area is 162 Å². The summed E-state index contributed by atoms with van der Waals surface area (Å²) in [6.45, 7) is 7.91. The number of benzene rings is 1. The second-order valence-corrected chi connectivity index (χ2v) is 11.0. The van der Waals surface area contributed by atoms with Gasteiger partial charge in [0.05, 0.1) is 10.2 Å². The van der Waals surface area contributed by atoms with Crippen molar-refractivity contribution in [1.82, 2.24) is 10.3 Å². The summed E-state index contributed by atoms with van der Waals surface area (Å²) < 4.78 is 14.5. The van der Waals surface area contributed by atoms with Crippen LogP contribution < -0.4 is 10.6 Å². The maximum atomic E-state index is 13.8. The lowest BCUT2D eigenvalue weighted by Gasteiger charge is -2.29. The van der Waals surface area contributed by atoms with Crippen LogP contribution in [0.3, 0.4) is 0 Å². The van der Waals surface area contributed by atoms with Crippen LogP contribution in [-0.2, 0) is 0 Å². The fourth-order valence-electron chi connectivity index (χ4n) is 3.57. The molecule has 1 aromatic carbocycles. The third kappa shape index (κ3) is 5.05. The first kappa shape index (κ1) is 19.8. The Balaban J connectivity index is 1.44. The molecule has 1 saturated carbocycles. The summed E-state index contributed by atoms with van der Waals surface area (Å²) >= 11 is 1.43. The zero-order valence-electron chi connectivity index (χ0n) is 15.9. The first-order valence-electron chi connectivity index (χ1n) is 9.57. The van der Waals surface area contributed by atoms with E-state index in [1.54, 1.807) is 6.07 Å². The summed E-state index contributed by atoms with van der Waals surface area (Å²) in [5, 5.41) is 11.1. The van der Waals surface area contributed by atoms with E-state index in [1.807, 2.05) is 6.07 Å². The maximum absolute atomic E-state index is 13.8. The fourth-order valence-corrected chi connectivity index (χ4v) is 5.91. The molecule has 1 fully saturated rings. The van der Waals surface area contributed by atoms with Gasteiger partial charge in [-0.3, -0.25) is 0 Å². The van der Waals surface area contributed by atoms with E-state index in [0.717, 1.165) is 34.2 Å². The van der Waals surface area contributed by atoms with Gasteiger partial charge in [0, 0.05) is 11.9 Å². The third-order valence-corrected chi connectivity index (χ3v) is 8.52. The minimum absolute atomic E-state index is 0.174. The van der Waals surface area contributed by atoms with Crippen molar-refractivity contribution in [2.45, 2.75) is 57.7 Å². The van der Waals surface area contributed by atoms with Crippen LogP contribution in [0.5, 0.6) is 0 Å². The van der Waals surface area contributed by atoms with Gasteiger partial charge in [-0.05, 0) is 62.5 Å². The van der Waals surface area contributed by atoms with Crippen molar-refractivity contribution in [1.29, 1.82) is 0 Å². The van der Waals surface area contributed by atoms with Crippen LogP contribution in [0.1, 0.15) is 46.5 Å². The molecule has 3 rings (SSSR count). The monoisotopic (exact) mass is 395 g/mol. The Morgan fingerprint density at radius 2 is 2.08 bits per heavy atom. The number of thiazole rings is 1. The minimum Gasteiger partial charge on any atom is -0.359 e. The van der Waals surface area contributed by atoms with Gasteiger partial charge in [0.25, 0.3) is 0 Å². The predicted molar refractivity (Wildman–Crippen MR) is 116 cm³/mol. The molecule has 26 heavy (non-hydrogen) atoms. The van der Waals surface area contributed by atoms with E-state index in [0.29, 0.717) is 21.2 Å². The van der Waals surface area contributed by atoms with Crippen LogP contribution >= 0.6 is 21.8 Å². The van der Waals surface area contributed by atoms with E-state index in [1.165, 1.54) is 43.1 Å². The average molecular weight is 396 g/mol. The fraction of sp³-hybridized carbons (Fsp3) is 0.600. The molecule has 144 valence electrons. The number of nitrogens with one attached hydrogen (secondary N) is 2.